The van der Waals surface area contributed by atoms with Crippen LogP contribution in [0, 0.1) is 11.8 Å². The second-order valence-electron chi connectivity index (χ2n) is 14.1. The molecule has 0 unspecified atom stereocenters. The average molecular weight is 749 g/mol. The molecule has 1 amide bonds. The van der Waals surface area contributed by atoms with Crippen molar-refractivity contribution in [2.45, 2.75) is 64.1 Å². The van der Waals surface area contributed by atoms with Gasteiger partial charge in [-0.2, -0.15) is 0 Å². The number of ether oxygens (including phenoxy) is 3. The SMILES string of the molecule is C=C(C)[C@H](CCCO[Si](c1ccccc1)(c1ccccc1)C(C)(C)C)[C@@H](/C=C/c1cc(OC)ccc1Br)C(=O)N1C[C@H](OC)C[C@H]1COC. The van der Waals surface area contributed by atoms with E-state index in [-0.39, 0.29) is 29.0 Å². The highest BCUT2D eigenvalue weighted by molar-refractivity contribution is 9.10. The molecule has 0 N–H and O–H groups in total. The van der Waals surface area contributed by atoms with E-state index in [2.05, 4.69) is 104 Å². The second kappa shape index (κ2) is 17.8. The minimum Gasteiger partial charge on any atom is -0.497 e. The molecule has 1 heterocycles. The zero-order chi connectivity index (χ0) is 35.6. The highest BCUT2D eigenvalue weighted by Crippen LogP contribution is 2.38. The lowest BCUT2D eigenvalue weighted by Crippen LogP contribution is -2.66. The molecule has 0 aromatic heterocycles. The number of nitrogens with zero attached hydrogens (tertiary/aromatic N) is 1. The summed E-state index contributed by atoms with van der Waals surface area (Å²) >= 11 is 3.69. The Kier molecular flexibility index (Phi) is 14.1. The van der Waals surface area contributed by atoms with E-state index in [0.717, 1.165) is 40.6 Å². The first-order valence-electron chi connectivity index (χ1n) is 17.2. The predicted octanol–water partition coefficient (Wildman–Crippen LogP) is 7.90. The molecule has 3 aromatic rings. The summed E-state index contributed by atoms with van der Waals surface area (Å²) in [7, 11) is 2.37. The number of hydrogen-bond acceptors (Lipinski definition) is 5. The van der Waals surface area contributed by atoms with Gasteiger partial charge < -0.3 is 23.5 Å². The van der Waals surface area contributed by atoms with Gasteiger partial charge in [-0.15, -0.1) is 0 Å². The minimum absolute atomic E-state index is 0.0237. The topological polar surface area (TPSA) is 57.2 Å². The van der Waals surface area contributed by atoms with E-state index < -0.39 is 14.2 Å². The first-order chi connectivity index (χ1) is 23.5. The normalized spacial score (nSPS) is 18.1. The number of hydrogen-bond donors (Lipinski definition) is 0. The molecule has 0 aliphatic carbocycles. The zero-order valence-electron chi connectivity index (χ0n) is 30.3. The van der Waals surface area contributed by atoms with Gasteiger partial charge in [-0.1, -0.05) is 122 Å². The summed E-state index contributed by atoms with van der Waals surface area (Å²) in [5.41, 5.74) is 1.92. The lowest BCUT2D eigenvalue weighted by molar-refractivity contribution is -0.137. The van der Waals surface area contributed by atoms with Gasteiger partial charge in [0.25, 0.3) is 8.32 Å². The fourth-order valence-electron chi connectivity index (χ4n) is 7.25. The van der Waals surface area contributed by atoms with Gasteiger partial charge in [-0.25, -0.2) is 0 Å². The monoisotopic (exact) mass is 747 g/mol. The van der Waals surface area contributed by atoms with Crippen LogP contribution in [-0.2, 0) is 18.7 Å². The molecule has 0 bridgehead atoms. The van der Waals surface area contributed by atoms with Gasteiger partial charge in [0, 0.05) is 31.8 Å². The van der Waals surface area contributed by atoms with Crippen LogP contribution in [0.1, 0.15) is 52.5 Å². The van der Waals surface area contributed by atoms with Gasteiger partial charge >= 0.3 is 0 Å². The molecule has 1 fully saturated rings. The molecule has 8 heteroatoms. The van der Waals surface area contributed by atoms with Crippen LogP contribution in [0.2, 0.25) is 5.04 Å². The third kappa shape index (κ3) is 9.21. The molecule has 4 atom stereocenters. The van der Waals surface area contributed by atoms with Gasteiger partial charge in [0.05, 0.1) is 31.8 Å². The Morgan fingerprint density at radius 1 is 1.02 bits per heavy atom. The van der Waals surface area contributed by atoms with Crippen LogP contribution in [0.5, 0.6) is 5.75 Å². The molecule has 4 rings (SSSR count). The molecule has 49 heavy (non-hydrogen) atoms. The fourth-order valence-corrected chi connectivity index (χ4v) is 12.2. The summed E-state index contributed by atoms with van der Waals surface area (Å²) in [6.07, 6.45) is 6.34. The zero-order valence-corrected chi connectivity index (χ0v) is 32.9. The molecule has 1 aliphatic heterocycles. The molecular formula is C41H54BrNO5Si. The number of methoxy groups -OCH3 is 3. The van der Waals surface area contributed by atoms with Crippen molar-refractivity contribution in [1.82, 2.24) is 4.90 Å². The first-order valence-corrected chi connectivity index (χ1v) is 19.9. The third-order valence-electron chi connectivity index (χ3n) is 9.78. The van der Waals surface area contributed by atoms with Crippen LogP contribution in [-0.4, -0.2) is 72.4 Å². The summed E-state index contributed by atoms with van der Waals surface area (Å²) < 4.78 is 24.9. The van der Waals surface area contributed by atoms with Crippen molar-refractivity contribution >= 4 is 46.6 Å². The summed E-state index contributed by atoms with van der Waals surface area (Å²) in [4.78, 5) is 16.6. The van der Waals surface area contributed by atoms with Crippen LogP contribution in [0.3, 0.4) is 0 Å². The highest BCUT2D eigenvalue weighted by atomic mass is 79.9. The Balaban J connectivity index is 1.65. The predicted molar refractivity (Wildman–Crippen MR) is 207 cm³/mol. The Morgan fingerprint density at radius 3 is 2.18 bits per heavy atom. The van der Waals surface area contributed by atoms with Crippen LogP contribution < -0.4 is 15.1 Å². The molecule has 264 valence electrons. The number of carbonyl (C=O) groups excluding carboxylic acids is 1. The smallest absolute Gasteiger partial charge is 0.261 e. The second-order valence-corrected chi connectivity index (χ2v) is 19.2. The van der Waals surface area contributed by atoms with Crippen molar-refractivity contribution in [2.24, 2.45) is 11.8 Å². The van der Waals surface area contributed by atoms with Gasteiger partial charge in [-0.05, 0) is 71.3 Å². The average Bonchev–Trinajstić information content (AvgIpc) is 3.51. The van der Waals surface area contributed by atoms with Crippen LogP contribution >= 0.6 is 15.9 Å². The lowest BCUT2D eigenvalue weighted by atomic mass is 9.82. The lowest BCUT2D eigenvalue weighted by Gasteiger charge is -2.43. The Morgan fingerprint density at radius 2 is 1.65 bits per heavy atom. The van der Waals surface area contributed by atoms with Crippen LogP contribution in [0.4, 0.5) is 0 Å². The quantitative estimate of drug-likeness (QED) is 0.0848. The van der Waals surface area contributed by atoms with Crippen molar-refractivity contribution in [3.63, 3.8) is 0 Å². The molecular weight excluding hydrogens is 694 g/mol. The highest BCUT2D eigenvalue weighted by Gasteiger charge is 2.50. The third-order valence-corrected chi connectivity index (χ3v) is 15.5. The van der Waals surface area contributed by atoms with E-state index in [9.17, 15) is 4.79 Å². The number of carbonyl (C=O) groups is 1. The number of allylic oxidation sites excluding steroid dienone is 1. The van der Waals surface area contributed by atoms with Gasteiger partial charge in [-0.3, -0.25) is 4.79 Å². The van der Waals surface area contributed by atoms with Crippen molar-refractivity contribution in [3.05, 3.63) is 107 Å². The number of amides is 1. The maximum Gasteiger partial charge on any atom is 0.261 e. The van der Waals surface area contributed by atoms with Crippen molar-refractivity contribution in [3.8, 4) is 5.75 Å². The summed E-state index contributed by atoms with van der Waals surface area (Å²) in [6, 6.07) is 27.2. The van der Waals surface area contributed by atoms with Crippen molar-refractivity contribution in [2.75, 3.05) is 41.1 Å². The molecule has 6 nitrogen and oxygen atoms in total. The van der Waals surface area contributed by atoms with Gasteiger partial charge in [0.15, 0.2) is 0 Å². The Hall–Kier alpha value is -3.01. The fraction of sp³-hybridized carbons (Fsp3) is 0.439. The Bertz CT molecular complexity index is 1500. The minimum atomic E-state index is -2.68. The van der Waals surface area contributed by atoms with E-state index in [1.807, 2.05) is 42.2 Å². The summed E-state index contributed by atoms with van der Waals surface area (Å²) in [5, 5.41) is 2.41. The molecule has 0 spiro atoms. The van der Waals surface area contributed by atoms with Crippen LogP contribution in [0.15, 0.2) is 102 Å². The van der Waals surface area contributed by atoms with Crippen LogP contribution in [0.25, 0.3) is 6.08 Å². The van der Waals surface area contributed by atoms with Gasteiger partial charge in [0.1, 0.15) is 5.75 Å². The summed E-state index contributed by atoms with van der Waals surface area (Å²) in [6.45, 7) is 14.9. The van der Waals surface area contributed by atoms with E-state index >= 15 is 0 Å². The maximum absolute atomic E-state index is 14.6. The number of halogens is 1. The van der Waals surface area contributed by atoms with E-state index in [1.54, 1.807) is 21.3 Å². The molecule has 0 radical (unpaired) electrons. The first kappa shape index (κ1) is 38.8. The van der Waals surface area contributed by atoms with Crippen molar-refractivity contribution in [1.29, 1.82) is 0 Å². The van der Waals surface area contributed by atoms with E-state index in [0.29, 0.717) is 19.8 Å². The molecule has 1 aliphatic rings. The standard InChI is InChI=1S/C41H54BrNO5Si/c1-30(2)37(20-15-25-48-49(41(3,4)5,35-16-11-9-12-17-35)36-18-13-10-14-19-36)38(23-21-31-26-33(46-7)22-24-39(31)42)40(44)43-28-34(47-8)27-32(43)29-45-6/h9-14,16-19,21-24,26,32,34,37-38H,1,15,20,25,27-29H2,2-8H3/b23-21+/t32-,34+,37-,38+/m0/s1. The number of rotatable bonds is 16. The van der Waals surface area contributed by atoms with E-state index in [1.165, 1.54) is 10.4 Å². The number of likely N-dealkylation sites (tertiary alicyclic amines) is 1. The maximum atomic E-state index is 14.6. The van der Waals surface area contributed by atoms with Crippen molar-refractivity contribution < 1.29 is 23.4 Å². The summed E-state index contributed by atoms with van der Waals surface area (Å²) in [5.74, 6) is 0.294. The molecule has 0 saturated carbocycles. The Labute approximate surface area is 303 Å². The number of benzene rings is 3. The largest absolute Gasteiger partial charge is 0.497 e. The molecule has 3 aromatic carbocycles. The van der Waals surface area contributed by atoms with E-state index in [4.69, 9.17) is 18.6 Å². The van der Waals surface area contributed by atoms with Gasteiger partial charge in [0.2, 0.25) is 5.91 Å². The molecule has 1 saturated heterocycles.